The van der Waals surface area contributed by atoms with E-state index in [9.17, 15) is 14.4 Å². The molecule has 3 unspecified atom stereocenters. The van der Waals surface area contributed by atoms with E-state index in [1.54, 1.807) is 12.1 Å². The second-order valence-electron chi connectivity index (χ2n) is 5.19. The Labute approximate surface area is 132 Å². The fourth-order valence-corrected chi connectivity index (χ4v) is 2.29. The number of carboxylic acids is 1. The van der Waals surface area contributed by atoms with Gasteiger partial charge in [-0.15, -0.1) is 0 Å². The summed E-state index contributed by atoms with van der Waals surface area (Å²) in [6, 6.07) is 8.30. The van der Waals surface area contributed by atoms with Gasteiger partial charge in [-0.3, -0.25) is 4.79 Å². The Morgan fingerprint density at radius 3 is 2.57 bits per heavy atom. The van der Waals surface area contributed by atoms with Crippen molar-refractivity contribution in [3.05, 3.63) is 48.0 Å². The predicted octanol–water partition coefficient (Wildman–Crippen LogP) is 1.48. The lowest BCUT2D eigenvalue weighted by Crippen LogP contribution is -2.63. The highest BCUT2D eigenvalue weighted by Crippen LogP contribution is 2.26. The average Bonchev–Trinajstić information content (AvgIpc) is 2.50. The van der Waals surface area contributed by atoms with E-state index in [-0.39, 0.29) is 18.1 Å². The Bertz CT molecular complexity index is 627. The SMILES string of the molecule is C=C(C(=O)O)C1NC(=O)C1C(C)OC(=O)OCc1ccccc1. The minimum atomic E-state index is -1.21. The molecule has 1 fully saturated rings. The zero-order valence-electron chi connectivity index (χ0n) is 12.5. The van der Waals surface area contributed by atoms with Gasteiger partial charge in [-0.2, -0.15) is 0 Å². The minimum Gasteiger partial charge on any atom is -0.478 e. The van der Waals surface area contributed by atoms with Crippen LogP contribution < -0.4 is 5.32 Å². The van der Waals surface area contributed by atoms with Crippen molar-refractivity contribution in [1.29, 1.82) is 0 Å². The Morgan fingerprint density at radius 1 is 1.35 bits per heavy atom. The van der Waals surface area contributed by atoms with Crippen LogP contribution in [0.25, 0.3) is 0 Å². The number of amides is 1. The molecule has 0 bridgehead atoms. The van der Waals surface area contributed by atoms with Crippen LogP contribution >= 0.6 is 0 Å². The van der Waals surface area contributed by atoms with E-state index in [2.05, 4.69) is 11.9 Å². The maximum Gasteiger partial charge on any atom is 0.508 e. The van der Waals surface area contributed by atoms with Crippen LogP contribution in [-0.2, 0) is 25.7 Å². The van der Waals surface area contributed by atoms with E-state index in [0.717, 1.165) is 5.56 Å². The van der Waals surface area contributed by atoms with Crippen LogP contribution in [0.2, 0.25) is 0 Å². The molecule has 2 rings (SSSR count). The van der Waals surface area contributed by atoms with E-state index < -0.39 is 30.2 Å². The van der Waals surface area contributed by atoms with Crippen LogP contribution in [0.15, 0.2) is 42.5 Å². The highest BCUT2D eigenvalue weighted by molar-refractivity contribution is 5.95. The molecule has 1 aromatic rings. The topological polar surface area (TPSA) is 102 Å². The molecule has 1 saturated heterocycles. The van der Waals surface area contributed by atoms with Crippen molar-refractivity contribution in [2.24, 2.45) is 5.92 Å². The van der Waals surface area contributed by atoms with Crippen LogP contribution in [0.5, 0.6) is 0 Å². The molecular formula is C16H17NO6. The third kappa shape index (κ3) is 3.88. The van der Waals surface area contributed by atoms with E-state index >= 15 is 0 Å². The van der Waals surface area contributed by atoms with Gasteiger partial charge in [-0.1, -0.05) is 36.9 Å². The van der Waals surface area contributed by atoms with Gasteiger partial charge in [0.15, 0.2) is 0 Å². The summed E-state index contributed by atoms with van der Waals surface area (Å²) in [5.41, 5.74) is 0.651. The Hall–Kier alpha value is -2.83. The molecule has 0 saturated carbocycles. The van der Waals surface area contributed by atoms with Crippen molar-refractivity contribution in [2.75, 3.05) is 0 Å². The molecule has 7 nitrogen and oxygen atoms in total. The number of carbonyl (C=O) groups excluding carboxylic acids is 2. The molecule has 0 radical (unpaired) electrons. The molecular weight excluding hydrogens is 302 g/mol. The third-order valence-corrected chi connectivity index (χ3v) is 3.60. The summed E-state index contributed by atoms with van der Waals surface area (Å²) in [6.07, 6.45) is -1.74. The van der Waals surface area contributed by atoms with E-state index in [1.807, 2.05) is 18.2 Å². The highest BCUT2D eigenvalue weighted by atomic mass is 16.7. The maximum atomic E-state index is 11.7. The number of carboxylic acid groups (broad SMARTS) is 1. The number of hydrogen-bond acceptors (Lipinski definition) is 5. The molecule has 1 aromatic carbocycles. The van der Waals surface area contributed by atoms with Gasteiger partial charge in [0, 0.05) is 0 Å². The first-order valence-corrected chi connectivity index (χ1v) is 7.00. The number of carbonyl (C=O) groups is 3. The van der Waals surface area contributed by atoms with Crippen LogP contribution in [0.3, 0.4) is 0 Å². The summed E-state index contributed by atoms with van der Waals surface area (Å²) in [7, 11) is 0. The number of aliphatic carboxylic acids is 1. The summed E-state index contributed by atoms with van der Waals surface area (Å²) in [6.45, 7) is 4.97. The summed E-state index contributed by atoms with van der Waals surface area (Å²) >= 11 is 0. The van der Waals surface area contributed by atoms with Gasteiger partial charge in [-0.25, -0.2) is 9.59 Å². The fourth-order valence-electron chi connectivity index (χ4n) is 2.29. The first kappa shape index (κ1) is 16.5. The number of nitrogens with one attached hydrogen (secondary N) is 1. The fraction of sp³-hybridized carbons (Fsp3) is 0.312. The van der Waals surface area contributed by atoms with E-state index in [4.69, 9.17) is 14.6 Å². The Kier molecular flexibility index (Phi) is 5.00. The van der Waals surface area contributed by atoms with Crippen LogP contribution in [0, 0.1) is 5.92 Å². The van der Waals surface area contributed by atoms with Gasteiger partial charge in [0.05, 0.1) is 17.5 Å². The molecule has 1 amide bonds. The normalized spacial score (nSPS) is 20.7. The quantitative estimate of drug-likeness (QED) is 0.468. The lowest BCUT2D eigenvalue weighted by atomic mass is 9.82. The molecule has 1 aliphatic rings. The number of β-lactam (4-membered cyclic amide) rings is 1. The second-order valence-corrected chi connectivity index (χ2v) is 5.19. The Morgan fingerprint density at radius 2 is 2.00 bits per heavy atom. The number of rotatable bonds is 6. The molecule has 1 aliphatic heterocycles. The Balaban J connectivity index is 1.86. The molecule has 122 valence electrons. The molecule has 23 heavy (non-hydrogen) atoms. The smallest absolute Gasteiger partial charge is 0.478 e. The zero-order chi connectivity index (χ0) is 17.0. The number of hydrogen-bond donors (Lipinski definition) is 2. The molecule has 0 aromatic heterocycles. The van der Waals surface area contributed by atoms with Gasteiger partial charge in [0.1, 0.15) is 12.7 Å². The van der Waals surface area contributed by atoms with Gasteiger partial charge in [0.25, 0.3) is 0 Å². The van der Waals surface area contributed by atoms with Crippen molar-refractivity contribution in [3.63, 3.8) is 0 Å². The van der Waals surface area contributed by atoms with Crippen molar-refractivity contribution < 1.29 is 29.0 Å². The molecule has 3 atom stereocenters. The van der Waals surface area contributed by atoms with Crippen molar-refractivity contribution in [2.45, 2.75) is 25.7 Å². The van der Waals surface area contributed by atoms with Crippen LogP contribution in [0.1, 0.15) is 12.5 Å². The summed E-state index contributed by atoms with van der Waals surface area (Å²) < 4.78 is 10.0. The lowest BCUT2D eigenvalue weighted by molar-refractivity contribution is -0.142. The second kappa shape index (κ2) is 6.95. The minimum absolute atomic E-state index is 0.0501. The summed E-state index contributed by atoms with van der Waals surface area (Å²) in [4.78, 5) is 34.2. The highest BCUT2D eigenvalue weighted by Gasteiger charge is 2.47. The molecule has 2 N–H and O–H groups in total. The lowest BCUT2D eigenvalue weighted by Gasteiger charge is -2.39. The molecule has 1 heterocycles. The maximum absolute atomic E-state index is 11.7. The van der Waals surface area contributed by atoms with Gasteiger partial charge < -0.3 is 19.9 Å². The van der Waals surface area contributed by atoms with Crippen molar-refractivity contribution in [3.8, 4) is 0 Å². The molecule has 0 spiro atoms. The first-order chi connectivity index (χ1) is 10.9. The monoisotopic (exact) mass is 319 g/mol. The standard InChI is InChI=1S/C16H17NO6/c1-9(15(19)20)13-12(14(18)17-13)10(2)23-16(21)22-8-11-6-4-3-5-7-11/h3-7,10,12-13H,1,8H2,2H3,(H,17,18)(H,19,20). The van der Waals surface area contributed by atoms with Gasteiger partial charge in [0.2, 0.25) is 5.91 Å². The average molecular weight is 319 g/mol. The van der Waals surface area contributed by atoms with Crippen LogP contribution in [-0.4, -0.2) is 35.3 Å². The van der Waals surface area contributed by atoms with E-state index in [1.165, 1.54) is 6.92 Å². The van der Waals surface area contributed by atoms with Gasteiger partial charge in [-0.05, 0) is 12.5 Å². The first-order valence-electron chi connectivity index (χ1n) is 7.00. The van der Waals surface area contributed by atoms with E-state index in [0.29, 0.717) is 0 Å². The summed E-state index contributed by atoms with van der Waals surface area (Å²) in [5, 5.41) is 11.3. The largest absolute Gasteiger partial charge is 0.508 e. The molecule has 7 heteroatoms. The van der Waals surface area contributed by atoms with Crippen molar-refractivity contribution in [1.82, 2.24) is 5.32 Å². The molecule has 0 aliphatic carbocycles. The number of benzene rings is 1. The predicted molar refractivity (Wildman–Crippen MR) is 79.4 cm³/mol. The third-order valence-electron chi connectivity index (χ3n) is 3.60. The van der Waals surface area contributed by atoms with Crippen LogP contribution in [0.4, 0.5) is 4.79 Å². The zero-order valence-corrected chi connectivity index (χ0v) is 12.5. The summed E-state index contributed by atoms with van der Waals surface area (Å²) in [5.74, 6) is -2.39. The van der Waals surface area contributed by atoms with Crippen molar-refractivity contribution >= 4 is 18.0 Å². The number of ether oxygens (including phenoxy) is 2. The van der Waals surface area contributed by atoms with Gasteiger partial charge >= 0.3 is 12.1 Å².